The zero-order valence-corrected chi connectivity index (χ0v) is 14.7. The van der Waals surface area contributed by atoms with Crippen molar-refractivity contribution in [2.75, 3.05) is 0 Å². The summed E-state index contributed by atoms with van der Waals surface area (Å²) in [6.45, 7) is 9.57. The van der Waals surface area contributed by atoms with E-state index in [1.807, 2.05) is 0 Å². The van der Waals surface area contributed by atoms with Gasteiger partial charge in [0.05, 0.1) is 0 Å². The summed E-state index contributed by atoms with van der Waals surface area (Å²) < 4.78 is 0. The largest absolute Gasteiger partial charge is 0.327 e. The normalized spacial score (nSPS) is 48.3. The van der Waals surface area contributed by atoms with Gasteiger partial charge in [-0.3, -0.25) is 0 Å². The molecule has 0 aliphatic heterocycles. The molecule has 0 radical (unpaired) electrons. The smallest absolute Gasteiger partial charge is 0.00672 e. The van der Waals surface area contributed by atoms with E-state index >= 15 is 0 Å². The van der Waals surface area contributed by atoms with Gasteiger partial charge in [-0.15, -0.1) is 0 Å². The lowest BCUT2D eigenvalue weighted by molar-refractivity contribution is 0.126. The highest BCUT2D eigenvalue weighted by Crippen LogP contribution is 2.40. The van der Waals surface area contributed by atoms with Crippen LogP contribution in [-0.2, 0) is 0 Å². The van der Waals surface area contributed by atoms with E-state index in [4.69, 9.17) is 11.5 Å². The Bertz CT molecular complexity index is 287. The maximum Gasteiger partial charge on any atom is 0.00672 e. The SMILES string of the molecule is CC1C(N)CCC(CCCC2CCC(N)C(C)C2C)C1C. The Labute approximate surface area is 132 Å². The van der Waals surface area contributed by atoms with Crippen LogP contribution in [0.25, 0.3) is 0 Å². The monoisotopic (exact) mass is 294 g/mol. The molecule has 0 aromatic rings. The quantitative estimate of drug-likeness (QED) is 0.817. The lowest BCUT2D eigenvalue weighted by Crippen LogP contribution is -2.41. The predicted octanol–water partition coefficient (Wildman–Crippen LogP) is 4.18. The average Bonchev–Trinajstić information content (AvgIpc) is 2.47. The van der Waals surface area contributed by atoms with Crippen molar-refractivity contribution in [3.05, 3.63) is 0 Å². The van der Waals surface area contributed by atoms with Crippen LogP contribution >= 0.6 is 0 Å². The van der Waals surface area contributed by atoms with Crippen molar-refractivity contribution in [3.63, 3.8) is 0 Å². The molecule has 0 spiro atoms. The Morgan fingerprint density at radius 3 is 1.38 bits per heavy atom. The number of hydrogen-bond donors (Lipinski definition) is 2. The summed E-state index contributed by atoms with van der Waals surface area (Å²) in [4.78, 5) is 0. The first-order valence-corrected chi connectivity index (χ1v) is 9.43. The number of nitrogens with two attached hydrogens (primary N) is 2. The van der Waals surface area contributed by atoms with Crippen LogP contribution in [0.1, 0.15) is 72.6 Å². The van der Waals surface area contributed by atoms with E-state index in [0.29, 0.717) is 23.9 Å². The fraction of sp³-hybridized carbons (Fsp3) is 1.00. The van der Waals surface area contributed by atoms with Crippen molar-refractivity contribution in [1.29, 1.82) is 0 Å². The standard InChI is InChI=1S/C19H38N2/c1-12-14(3)18(20)10-8-16(12)6-5-7-17-9-11-19(21)15(4)13(17)2/h12-19H,5-11,20-21H2,1-4H3. The molecule has 2 aliphatic carbocycles. The molecule has 21 heavy (non-hydrogen) atoms. The summed E-state index contributed by atoms with van der Waals surface area (Å²) in [5, 5.41) is 0. The first-order valence-electron chi connectivity index (χ1n) is 9.43. The van der Waals surface area contributed by atoms with Gasteiger partial charge in [0.1, 0.15) is 0 Å². The zero-order chi connectivity index (χ0) is 15.6. The van der Waals surface area contributed by atoms with E-state index in [-0.39, 0.29) is 0 Å². The van der Waals surface area contributed by atoms with Crippen molar-refractivity contribution in [2.45, 2.75) is 84.7 Å². The molecular formula is C19H38N2. The highest BCUT2D eigenvalue weighted by atomic mass is 14.7. The Morgan fingerprint density at radius 2 is 1.00 bits per heavy atom. The van der Waals surface area contributed by atoms with Gasteiger partial charge in [0.15, 0.2) is 0 Å². The van der Waals surface area contributed by atoms with E-state index < -0.39 is 0 Å². The van der Waals surface area contributed by atoms with Gasteiger partial charge in [-0.1, -0.05) is 47.0 Å². The molecule has 0 saturated heterocycles. The van der Waals surface area contributed by atoms with Crippen molar-refractivity contribution < 1.29 is 0 Å². The van der Waals surface area contributed by atoms with Crippen LogP contribution in [0.4, 0.5) is 0 Å². The minimum absolute atomic E-state index is 0.442. The molecule has 0 amide bonds. The van der Waals surface area contributed by atoms with Crippen LogP contribution in [0.5, 0.6) is 0 Å². The van der Waals surface area contributed by atoms with Gasteiger partial charge in [0, 0.05) is 12.1 Å². The van der Waals surface area contributed by atoms with Crippen molar-refractivity contribution >= 4 is 0 Å². The molecule has 124 valence electrons. The summed E-state index contributed by atoms with van der Waals surface area (Å²) in [5.74, 6) is 4.86. The maximum atomic E-state index is 6.21. The van der Waals surface area contributed by atoms with Crippen LogP contribution in [-0.4, -0.2) is 12.1 Å². The molecule has 4 N–H and O–H groups in total. The first-order chi connectivity index (χ1) is 9.91. The Kier molecular flexibility index (Phi) is 6.14. The molecule has 0 heterocycles. The first kappa shape index (κ1) is 17.3. The van der Waals surface area contributed by atoms with Gasteiger partial charge < -0.3 is 11.5 Å². The summed E-state index contributed by atoms with van der Waals surface area (Å²) in [6, 6.07) is 0.883. The average molecular weight is 295 g/mol. The third-order valence-electron chi connectivity index (χ3n) is 7.39. The molecule has 2 fully saturated rings. The van der Waals surface area contributed by atoms with Gasteiger partial charge in [0.25, 0.3) is 0 Å². The van der Waals surface area contributed by atoms with Gasteiger partial charge in [-0.2, -0.15) is 0 Å². The topological polar surface area (TPSA) is 52.0 Å². The highest BCUT2D eigenvalue weighted by Gasteiger charge is 2.33. The minimum Gasteiger partial charge on any atom is -0.327 e. The zero-order valence-electron chi connectivity index (χ0n) is 14.7. The lowest BCUT2D eigenvalue weighted by atomic mass is 9.67. The molecule has 0 aromatic heterocycles. The van der Waals surface area contributed by atoms with Crippen molar-refractivity contribution in [2.24, 2.45) is 47.0 Å². The molecule has 8 unspecified atom stereocenters. The summed E-state index contributed by atoms with van der Waals surface area (Å²) in [7, 11) is 0. The van der Waals surface area contributed by atoms with Gasteiger partial charge in [0.2, 0.25) is 0 Å². The molecule has 0 bridgehead atoms. The molecule has 8 atom stereocenters. The van der Waals surface area contributed by atoms with Crippen molar-refractivity contribution in [3.8, 4) is 0 Å². The van der Waals surface area contributed by atoms with Crippen LogP contribution in [0, 0.1) is 35.5 Å². The molecular weight excluding hydrogens is 256 g/mol. The third-order valence-corrected chi connectivity index (χ3v) is 7.39. The van der Waals surface area contributed by atoms with Crippen LogP contribution in [0.15, 0.2) is 0 Å². The Morgan fingerprint density at radius 1 is 0.619 bits per heavy atom. The van der Waals surface area contributed by atoms with E-state index in [1.165, 1.54) is 44.9 Å². The second kappa shape index (κ2) is 7.46. The third kappa shape index (κ3) is 4.01. The predicted molar refractivity (Wildman–Crippen MR) is 91.9 cm³/mol. The van der Waals surface area contributed by atoms with E-state index in [1.54, 1.807) is 0 Å². The second-order valence-corrected chi connectivity index (χ2v) is 8.37. The fourth-order valence-electron chi connectivity index (χ4n) is 4.96. The molecule has 2 saturated carbocycles. The molecule has 2 nitrogen and oxygen atoms in total. The van der Waals surface area contributed by atoms with E-state index in [2.05, 4.69) is 27.7 Å². The summed E-state index contributed by atoms with van der Waals surface area (Å²) >= 11 is 0. The lowest BCUT2D eigenvalue weighted by Gasteiger charge is -2.40. The van der Waals surface area contributed by atoms with E-state index in [9.17, 15) is 0 Å². The van der Waals surface area contributed by atoms with Gasteiger partial charge in [-0.05, 0) is 61.2 Å². The molecule has 2 aliphatic rings. The molecule has 0 aromatic carbocycles. The summed E-state index contributed by atoms with van der Waals surface area (Å²) in [6.07, 6.45) is 9.43. The maximum absolute atomic E-state index is 6.21. The van der Waals surface area contributed by atoms with Crippen molar-refractivity contribution in [1.82, 2.24) is 0 Å². The Balaban J connectivity index is 1.74. The number of hydrogen-bond acceptors (Lipinski definition) is 2. The van der Waals surface area contributed by atoms with Crippen LogP contribution in [0.2, 0.25) is 0 Å². The van der Waals surface area contributed by atoms with E-state index in [0.717, 1.165) is 23.7 Å². The minimum atomic E-state index is 0.442. The molecule has 2 rings (SSSR count). The molecule has 2 heteroatoms. The van der Waals surface area contributed by atoms with Gasteiger partial charge >= 0.3 is 0 Å². The Hall–Kier alpha value is -0.0800. The number of rotatable bonds is 4. The van der Waals surface area contributed by atoms with Gasteiger partial charge in [-0.25, -0.2) is 0 Å². The summed E-state index contributed by atoms with van der Waals surface area (Å²) in [5.41, 5.74) is 12.4. The highest BCUT2D eigenvalue weighted by molar-refractivity contribution is 4.87. The van der Waals surface area contributed by atoms with Crippen LogP contribution in [0.3, 0.4) is 0 Å². The second-order valence-electron chi connectivity index (χ2n) is 8.37. The van der Waals surface area contributed by atoms with Crippen LogP contribution < -0.4 is 11.5 Å². The fourth-order valence-corrected chi connectivity index (χ4v) is 4.96.